The van der Waals surface area contributed by atoms with Gasteiger partial charge in [-0.25, -0.2) is 4.98 Å². The van der Waals surface area contributed by atoms with Gasteiger partial charge in [0.25, 0.3) is 5.56 Å². The molecular weight excluding hydrogens is 340 g/mol. The summed E-state index contributed by atoms with van der Waals surface area (Å²) >= 11 is 0. The molecule has 2 heterocycles. The molecule has 0 fully saturated rings. The number of nitrogens with one attached hydrogen (secondary N) is 2. The van der Waals surface area contributed by atoms with Crippen LogP contribution in [0.4, 0.5) is 5.69 Å². The van der Waals surface area contributed by atoms with E-state index in [-0.39, 0.29) is 24.4 Å². The van der Waals surface area contributed by atoms with Crippen molar-refractivity contribution in [1.82, 2.24) is 14.5 Å². The fraction of sp³-hybridized carbons (Fsp3) is 0.190. The van der Waals surface area contributed by atoms with Crippen LogP contribution in [0.2, 0.25) is 0 Å². The Hall–Kier alpha value is -3.41. The second kappa shape index (κ2) is 6.72. The van der Waals surface area contributed by atoms with Crippen molar-refractivity contribution < 1.29 is 4.79 Å². The molecule has 4 rings (SSSR count). The number of hydrogen-bond acceptors (Lipinski definition) is 3. The third-order valence-corrected chi connectivity index (χ3v) is 4.61. The molecular formula is C21H20N4O2. The van der Waals surface area contributed by atoms with Gasteiger partial charge in [0.1, 0.15) is 11.0 Å². The number of aromatic nitrogens is 3. The number of H-pyrrole nitrogens is 1. The molecule has 0 aliphatic heterocycles. The van der Waals surface area contributed by atoms with Gasteiger partial charge in [-0.2, -0.15) is 0 Å². The molecule has 6 heteroatoms. The van der Waals surface area contributed by atoms with Gasteiger partial charge in [-0.15, -0.1) is 0 Å². The van der Waals surface area contributed by atoms with Crippen molar-refractivity contribution in [3.8, 4) is 0 Å². The Morgan fingerprint density at radius 2 is 1.96 bits per heavy atom. The van der Waals surface area contributed by atoms with Crippen LogP contribution in [0, 0.1) is 13.8 Å². The fourth-order valence-corrected chi connectivity index (χ4v) is 3.23. The lowest BCUT2D eigenvalue weighted by molar-refractivity contribution is -0.116. The lowest BCUT2D eigenvalue weighted by Crippen LogP contribution is -2.23. The van der Waals surface area contributed by atoms with Crippen LogP contribution in [0.15, 0.2) is 53.6 Å². The zero-order chi connectivity index (χ0) is 19.0. The van der Waals surface area contributed by atoms with Crippen LogP contribution >= 0.6 is 0 Å². The predicted octanol–water partition coefficient (Wildman–Crippen LogP) is 3.52. The molecule has 2 aromatic heterocycles. The maximum Gasteiger partial charge on any atom is 0.277 e. The minimum atomic E-state index is -0.169. The summed E-state index contributed by atoms with van der Waals surface area (Å²) in [6.07, 6.45) is 1.71. The van der Waals surface area contributed by atoms with Gasteiger partial charge in [0.05, 0.1) is 6.33 Å². The number of fused-ring (bicyclic) bond motifs is 3. The van der Waals surface area contributed by atoms with E-state index in [9.17, 15) is 9.59 Å². The zero-order valence-corrected chi connectivity index (χ0v) is 15.2. The number of carbonyl (C=O) groups excluding carboxylic acids is 1. The molecule has 0 saturated carbocycles. The van der Waals surface area contributed by atoms with Gasteiger partial charge < -0.3 is 10.3 Å². The highest BCUT2D eigenvalue weighted by Gasteiger charge is 2.12. The third kappa shape index (κ3) is 3.33. The minimum Gasteiger partial charge on any atom is -0.349 e. The first kappa shape index (κ1) is 17.0. The van der Waals surface area contributed by atoms with E-state index in [1.807, 2.05) is 56.3 Å². The van der Waals surface area contributed by atoms with Gasteiger partial charge in [-0.3, -0.25) is 14.2 Å². The molecule has 27 heavy (non-hydrogen) atoms. The van der Waals surface area contributed by atoms with Crippen molar-refractivity contribution in [1.29, 1.82) is 0 Å². The van der Waals surface area contributed by atoms with Gasteiger partial charge in [-0.05, 0) is 43.7 Å². The largest absolute Gasteiger partial charge is 0.349 e. The van der Waals surface area contributed by atoms with Gasteiger partial charge in [0.2, 0.25) is 5.91 Å². The molecule has 0 atom stereocenters. The summed E-state index contributed by atoms with van der Waals surface area (Å²) in [5, 5.41) is 3.79. The fourth-order valence-electron chi connectivity index (χ4n) is 3.23. The van der Waals surface area contributed by atoms with Gasteiger partial charge in [0, 0.05) is 29.6 Å². The van der Waals surface area contributed by atoms with Crippen molar-refractivity contribution in [2.75, 3.05) is 5.32 Å². The number of anilines is 1. The van der Waals surface area contributed by atoms with Crippen LogP contribution in [0.25, 0.3) is 21.9 Å². The van der Waals surface area contributed by atoms with Crippen molar-refractivity contribution in [2.45, 2.75) is 26.8 Å². The normalized spacial score (nSPS) is 11.2. The SMILES string of the molecule is Cc1cccc(NC(=O)CCn2cnc3c([nH]c4ccc(C)cc43)c2=O)c1. The van der Waals surface area contributed by atoms with Crippen LogP contribution in [-0.2, 0) is 11.3 Å². The number of nitrogens with zero attached hydrogens (tertiary/aromatic N) is 2. The van der Waals surface area contributed by atoms with Crippen LogP contribution < -0.4 is 10.9 Å². The summed E-state index contributed by atoms with van der Waals surface area (Å²) in [6, 6.07) is 13.6. The second-order valence-corrected chi connectivity index (χ2v) is 6.81. The molecule has 2 N–H and O–H groups in total. The van der Waals surface area contributed by atoms with E-state index >= 15 is 0 Å². The topological polar surface area (TPSA) is 79.8 Å². The Balaban J connectivity index is 1.55. The molecule has 4 aromatic rings. The van der Waals surface area contributed by atoms with E-state index in [0.29, 0.717) is 11.0 Å². The van der Waals surface area contributed by atoms with Crippen LogP contribution in [0.5, 0.6) is 0 Å². The lowest BCUT2D eigenvalue weighted by atomic mass is 10.2. The summed E-state index contributed by atoms with van der Waals surface area (Å²) in [6.45, 7) is 4.25. The number of hydrogen-bond donors (Lipinski definition) is 2. The quantitative estimate of drug-likeness (QED) is 0.584. The van der Waals surface area contributed by atoms with Crippen LogP contribution in [-0.4, -0.2) is 20.4 Å². The standard InChI is InChI=1S/C21H20N4O2/c1-13-4-3-5-15(10-13)23-18(26)8-9-25-12-22-19-16-11-14(2)6-7-17(16)24-20(19)21(25)27/h3-7,10-12,24H,8-9H2,1-2H3,(H,23,26). The first-order chi connectivity index (χ1) is 13.0. The zero-order valence-electron chi connectivity index (χ0n) is 15.2. The van der Waals surface area contributed by atoms with Crippen LogP contribution in [0.1, 0.15) is 17.5 Å². The summed E-state index contributed by atoms with van der Waals surface area (Å²) in [7, 11) is 0. The Morgan fingerprint density at radius 1 is 1.15 bits per heavy atom. The van der Waals surface area contributed by atoms with E-state index in [0.717, 1.165) is 27.7 Å². The van der Waals surface area contributed by atoms with Crippen molar-refractivity contribution in [2.24, 2.45) is 0 Å². The van der Waals surface area contributed by atoms with E-state index in [1.54, 1.807) is 0 Å². The highest BCUT2D eigenvalue weighted by molar-refractivity contribution is 6.04. The number of aryl methyl sites for hydroxylation is 3. The summed E-state index contributed by atoms with van der Waals surface area (Å²) in [5.41, 5.74) is 4.80. The maximum absolute atomic E-state index is 12.8. The first-order valence-electron chi connectivity index (χ1n) is 8.85. The highest BCUT2D eigenvalue weighted by Crippen LogP contribution is 2.22. The monoisotopic (exact) mass is 360 g/mol. The highest BCUT2D eigenvalue weighted by atomic mass is 16.2. The number of benzene rings is 2. The van der Waals surface area contributed by atoms with Crippen molar-refractivity contribution >= 4 is 33.5 Å². The molecule has 0 spiro atoms. The summed E-state index contributed by atoms with van der Waals surface area (Å²) in [4.78, 5) is 32.6. The Bertz CT molecular complexity index is 1220. The van der Waals surface area contributed by atoms with E-state index in [1.165, 1.54) is 10.9 Å². The lowest BCUT2D eigenvalue weighted by Gasteiger charge is -2.07. The van der Waals surface area contributed by atoms with Gasteiger partial charge in [-0.1, -0.05) is 23.8 Å². The molecule has 0 radical (unpaired) electrons. The third-order valence-electron chi connectivity index (χ3n) is 4.61. The molecule has 2 aromatic carbocycles. The first-order valence-corrected chi connectivity index (χ1v) is 8.85. The number of rotatable bonds is 4. The molecule has 0 saturated heterocycles. The molecule has 136 valence electrons. The maximum atomic E-state index is 12.8. The minimum absolute atomic E-state index is 0.139. The number of amides is 1. The summed E-state index contributed by atoms with van der Waals surface area (Å²) in [5.74, 6) is -0.139. The van der Waals surface area contributed by atoms with Crippen LogP contribution in [0.3, 0.4) is 0 Å². The Morgan fingerprint density at radius 3 is 2.78 bits per heavy atom. The predicted molar refractivity (Wildman–Crippen MR) is 107 cm³/mol. The number of aromatic amines is 1. The van der Waals surface area contributed by atoms with E-state index in [4.69, 9.17) is 0 Å². The average molecular weight is 360 g/mol. The Labute approximate surface area is 155 Å². The molecule has 0 bridgehead atoms. The van der Waals surface area contributed by atoms with Gasteiger partial charge in [0.15, 0.2) is 0 Å². The second-order valence-electron chi connectivity index (χ2n) is 6.81. The summed E-state index contributed by atoms with van der Waals surface area (Å²) < 4.78 is 1.47. The van der Waals surface area contributed by atoms with E-state index in [2.05, 4.69) is 15.3 Å². The Kier molecular flexibility index (Phi) is 4.24. The van der Waals surface area contributed by atoms with E-state index < -0.39 is 0 Å². The smallest absolute Gasteiger partial charge is 0.277 e. The molecule has 1 amide bonds. The van der Waals surface area contributed by atoms with Crippen molar-refractivity contribution in [3.63, 3.8) is 0 Å². The van der Waals surface area contributed by atoms with Gasteiger partial charge >= 0.3 is 0 Å². The average Bonchev–Trinajstić information content (AvgIpc) is 3.00. The molecule has 0 unspecified atom stereocenters. The number of carbonyl (C=O) groups is 1. The molecule has 0 aliphatic rings. The molecule has 0 aliphatic carbocycles. The molecule has 6 nitrogen and oxygen atoms in total. The van der Waals surface area contributed by atoms with Crippen molar-refractivity contribution in [3.05, 3.63) is 70.3 Å².